The summed E-state index contributed by atoms with van der Waals surface area (Å²) in [6.07, 6.45) is 6.82. The maximum atomic E-state index is 10.8. The van der Waals surface area contributed by atoms with Gasteiger partial charge in [0.2, 0.25) is 0 Å². The number of nitrogens with zero attached hydrogens (tertiary/aromatic N) is 2. The van der Waals surface area contributed by atoms with Gasteiger partial charge in [-0.15, -0.1) is 0 Å². The van der Waals surface area contributed by atoms with Crippen molar-refractivity contribution in [3.63, 3.8) is 0 Å². The Labute approximate surface area is 126 Å². The van der Waals surface area contributed by atoms with Crippen LogP contribution in [0.5, 0.6) is 0 Å². The highest BCUT2D eigenvalue weighted by Gasteiger charge is 2.22. The van der Waals surface area contributed by atoms with Gasteiger partial charge in [-0.25, -0.2) is 0 Å². The molecule has 0 aliphatic heterocycles. The number of nitrogens with one attached hydrogen (secondary N) is 1. The fraction of sp³-hybridized carbons (Fsp3) is 0.500. The molecule has 1 saturated carbocycles. The number of benzene rings is 1. The van der Waals surface area contributed by atoms with Crippen LogP contribution in [0.4, 0.5) is 11.7 Å². The molecule has 1 N–H and O–H groups in total. The molecule has 2 unspecified atom stereocenters. The van der Waals surface area contributed by atoms with E-state index in [1.165, 1.54) is 25.0 Å². The van der Waals surface area contributed by atoms with E-state index < -0.39 is 4.92 Å². The number of thioether (sulfide) groups is 1. The number of nitro benzene ring substituents is 1. The first-order valence-corrected chi connectivity index (χ1v) is 8.29. The summed E-state index contributed by atoms with van der Waals surface area (Å²) in [4.78, 5) is 14.7. The van der Waals surface area contributed by atoms with E-state index in [4.69, 9.17) is 4.42 Å². The highest BCUT2D eigenvalue weighted by atomic mass is 32.2. The van der Waals surface area contributed by atoms with Crippen LogP contribution in [0.1, 0.15) is 25.7 Å². The molecule has 0 amide bonds. The Morgan fingerprint density at radius 3 is 3.10 bits per heavy atom. The summed E-state index contributed by atoms with van der Waals surface area (Å²) < 4.78 is 5.62. The average Bonchev–Trinajstić information content (AvgIpc) is 2.88. The predicted octanol–water partition coefficient (Wildman–Crippen LogP) is 3.82. The molecule has 0 saturated heterocycles. The molecule has 112 valence electrons. The highest BCUT2D eigenvalue weighted by molar-refractivity contribution is 7.99. The van der Waals surface area contributed by atoms with Crippen molar-refractivity contribution in [2.75, 3.05) is 11.6 Å². The third kappa shape index (κ3) is 3.12. The van der Waals surface area contributed by atoms with Gasteiger partial charge in [-0.3, -0.25) is 10.1 Å². The van der Waals surface area contributed by atoms with Gasteiger partial charge < -0.3 is 9.73 Å². The number of nitro groups is 1. The minimum Gasteiger partial charge on any atom is -0.424 e. The minimum atomic E-state index is -0.425. The van der Waals surface area contributed by atoms with Crippen molar-refractivity contribution in [3.05, 3.63) is 28.3 Å². The molecule has 1 fully saturated rings. The van der Waals surface area contributed by atoms with Crippen molar-refractivity contribution in [2.45, 2.75) is 37.0 Å². The van der Waals surface area contributed by atoms with Gasteiger partial charge in [0.1, 0.15) is 5.52 Å². The third-order valence-electron chi connectivity index (χ3n) is 3.87. The molecule has 2 aromatic rings. The zero-order valence-corrected chi connectivity index (χ0v) is 12.6. The summed E-state index contributed by atoms with van der Waals surface area (Å²) in [5.41, 5.74) is 1.12. The number of hydrogen-bond acceptors (Lipinski definition) is 6. The second-order valence-corrected chi connectivity index (χ2v) is 6.43. The Morgan fingerprint density at radius 2 is 2.33 bits per heavy atom. The second kappa shape index (κ2) is 5.93. The quantitative estimate of drug-likeness (QED) is 0.683. The number of aromatic nitrogens is 1. The first-order valence-electron chi connectivity index (χ1n) is 7.00. The molecule has 2 atom stereocenters. The number of fused-ring (bicyclic) bond motifs is 1. The normalized spacial score (nSPS) is 22.3. The largest absolute Gasteiger partial charge is 0.424 e. The van der Waals surface area contributed by atoms with E-state index in [1.54, 1.807) is 6.07 Å². The topological polar surface area (TPSA) is 81.2 Å². The van der Waals surface area contributed by atoms with E-state index in [2.05, 4.69) is 16.6 Å². The molecule has 7 heteroatoms. The molecular formula is C14H17N3O3S. The lowest BCUT2D eigenvalue weighted by Gasteiger charge is -2.27. The fourth-order valence-electron chi connectivity index (χ4n) is 2.76. The monoisotopic (exact) mass is 307 g/mol. The Hall–Kier alpha value is -1.76. The summed E-state index contributed by atoms with van der Waals surface area (Å²) in [6.45, 7) is 0. The summed E-state index contributed by atoms with van der Waals surface area (Å²) in [6, 6.07) is 5.28. The first-order chi connectivity index (χ1) is 10.2. The van der Waals surface area contributed by atoms with Gasteiger partial charge in [-0.1, -0.05) is 6.42 Å². The van der Waals surface area contributed by atoms with Gasteiger partial charge in [0.05, 0.1) is 4.92 Å². The molecule has 1 aromatic heterocycles. The summed E-state index contributed by atoms with van der Waals surface area (Å²) in [7, 11) is 0. The van der Waals surface area contributed by atoms with Crippen LogP contribution >= 0.6 is 11.8 Å². The molecule has 1 heterocycles. The van der Waals surface area contributed by atoms with E-state index in [-0.39, 0.29) is 5.69 Å². The van der Waals surface area contributed by atoms with Gasteiger partial charge in [0.15, 0.2) is 5.58 Å². The van der Waals surface area contributed by atoms with E-state index in [9.17, 15) is 10.1 Å². The smallest absolute Gasteiger partial charge is 0.295 e. The summed E-state index contributed by atoms with van der Waals surface area (Å²) in [5.74, 6) is 0. The lowest BCUT2D eigenvalue weighted by atomic mass is 9.95. The van der Waals surface area contributed by atoms with Gasteiger partial charge >= 0.3 is 0 Å². The molecule has 0 spiro atoms. The zero-order valence-electron chi connectivity index (χ0n) is 11.7. The molecule has 0 bridgehead atoms. The van der Waals surface area contributed by atoms with Crippen molar-refractivity contribution < 1.29 is 9.34 Å². The van der Waals surface area contributed by atoms with Gasteiger partial charge in [-0.05, 0) is 31.6 Å². The van der Waals surface area contributed by atoms with Crippen LogP contribution in [0.15, 0.2) is 22.6 Å². The van der Waals surface area contributed by atoms with Crippen LogP contribution in [-0.4, -0.2) is 27.5 Å². The SMILES string of the molecule is CSC1CCCC(Nc2nc3cc([N+](=O)[O-])ccc3o2)C1. The van der Waals surface area contributed by atoms with Crippen LogP contribution in [0.25, 0.3) is 11.1 Å². The molecule has 1 aromatic carbocycles. The lowest BCUT2D eigenvalue weighted by Crippen LogP contribution is -2.28. The molecule has 0 radical (unpaired) electrons. The maximum Gasteiger partial charge on any atom is 0.295 e. The van der Waals surface area contributed by atoms with Crippen molar-refractivity contribution in [3.8, 4) is 0 Å². The number of oxazole rings is 1. The highest BCUT2D eigenvalue weighted by Crippen LogP contribution is 2.30. The number of rotatable bonds is 4. The number of anilines is 1. The molecule has 6 nitrogen and oxygen atoms in total. The van der Waals surface area contributed by atoms with Gasteiger partial charge in [0.25, 0.3) is 11.7 Å². The molecular weight excluding hydrogens is 290 g/mol. The lowest BCUT2D eigenvalue weighted by molar-refractivity contribution is -0.384. The van der Waals surface area contributed by atoms with Crippen LogP contribution in [0, 0.1) is 10.1 Å². The molecule has 3 rings (SSSR count). The first kappa shape index (κ1) is 14.2. The van der Waals surface area contributed by atoms with E-state index >= 15 is 0 Å². The standard InChI is InChI=1S/C14H17N3O3S/c1-21-11-4-2-3-9(7-11)15-14-16-12-8-10(17(18)19)5-6-13(12)20-14/h5-6,8-9,11H,2-4,7H2,1H3,(H,15,16). The van der Waals surface area contributed by atoms with Crippen LogP contribution < -0.4 is 5.32 Å². The summed E-state index contributed by atoms with van der Waals surface area (Å²) in [5, 5.41) is 14.8. The van der Waals surface area contributed by atoms with Crippen LogP contribution in [0.2, 0.25) is 0 Å². The Kier molecular flexibility index (Phi) is 4.01. The van der Waals surface area contributed by atoms with E-state index in [0.29, 0.717) is 28.4 Å². The van der Waals surface area contributed by atoms with E-state index in [1.807, 2.05) is 11.8 Å². The Morgan fingerprint density at radius 1 is 1.48 bits per heavy atom. The predicted molar refractivity (Wildman–Crippen MR) is 83.8 cm³/mol. The van der Waals surface area contributed by atoms with Gasteiger partial charge in [-0.2, -0.15) is 16.7 Å². The second-order valence-electron chi connectivity index (χ2n) is 5.29. The maximum absolute atomic E-state index is 10.8. The minimum absolute atomic E-state index is 0.0301. The van der Waals surface area contributed by atoms with Crippen LogP contribution in [-0.2, 0) is 0 Å². The average molecular weight is 307 g/mol. The van der Waals surface area contributed by atoms with Crippen molar-refractivity contribution >= 4 is 34.6 Å². The van der Waals surface area contributed by atoms with Crippen molar-refractivity contribution in [2.24, 2.45) is 0 Å². The van der Waals surface area contributed by atoms with Crippen molar-refractivity contribution in [1.82, 2.24) is 4.98 Å². The molecule has 1 aliphatic carbocycles. The third-order valence-corrected chi connectivity index (χ3v) is 4.96. The molecule has 1 aliphatic rings. The van der Waals surface area contributed by atoms with E-state index in [0.717, 1.165) is 12.8 Å². The Bertz CT molecular complexity index is 658. The number of hydrogen-bond donors (Lipinski definition) is 1. The fourth-order valence-corrected chi connectivity index (χ4v) is 3.58. The van der Waals surface area contributed by atoms with Gasteiger partial charge in [0, 0.05) is 23.4 Å². The summed E-state index contributed by atoms with van der Waals surface area (Å²) >= 11 is 1.90. The molecule has 21 heavy (non-hydrogen) atoms. The van der Waals surface area contributed by atoms with Crippen LogP contribution in [0.3, 0.4) is 0 Å². The van der Waals surface area contributed by atoms with Crippen molar-refractivity contribution in [1.29, 1.82) is 0 Å². The zero-order chi connectivity index (χ0) is 14.8. The number of non-ortho nitro benzene ring substituents is 1. The Balaban J connectivity index is 1.76.